The Morgan fingerprint density at radius 1 is 0.738 bits per heavy atom. The van der Waals surface area contributed by atoms with E-state index in [2.05, 4.69) is 47.6 Å². The largest absolute Gasteiger partial charge is 0.494 e. The zero-order valence-corrected chi connectivity index (χ0v) is 39.2. The van der Waals surface area contributed by atoms with E-state index in [4.69, 9.17) is 14.2 Å². The summed E-state index contributed by atoms with van der Waals surface area (Å²) in [6, 6.07) is 15.2. The van der Waals surface area contributed by atoms with Crippen LogP contribution < -0.4 is 9.47 Å². The summed E-state index contributed by atoms with van der Waals surface area (Å²) in [7, 11) is 0. The van der Waals surface area contributed by atoms with Gasteiger partial charge in [0, 0.05) is 18.4 Å². The number of unbranched alkanes of at least 4 members (excludes halogenated alkanes) is 7. The lowest BCUT2D eigenvalue weighted by atomic mass is 9.47. The van der Waals surface area contributed by atoms with Gasteiger partial charge >= 0.3 is 5.97 Å². The number of carbonyl (C=O) groups is 2. The molecular formula is C56H82O5. The summed E-state index contributed by atoms with van der Waals surface area (Å²) in [5.74, 6) is 6.38. The number of hydrogen-bond acceptors (Lipinski definition) is 5. The second-order valence-corrected chi connectivity index (χ2v) is 20.7. The first kappa shape index (κ1) is 47.1. The van der Waals surface area contributed by atoms with Gasteiger partial charge in [-0.05, 0) is 152 Å². The molecule has 0 aromatic heterocycles. The highest BCUT2D eigenvalue weighted by atomic mass is 16.5. The number of allylic oxidation sites excluding steroid dienone is 2. The maximum absolute atomic E-state index is 13.0. The van der Waals surface area contributed by atoms with Crippen molar-refractivity contribution in [1.82, 2.24) is 0 Å². The summed E-state index contributed by atoms with van der Waals surface area (Å²) in [6.45, 7) is 16.0. The van der Waals surface area contributed by atoms with Crippen molar-refractivity contribution in [2.24, 2.45) is 46.3 Å². The number of ketones is 1. The molecule has 3 saturated carbocycles. The van der Waals surface area contributed by atoms with Crippen LogP contribution in [0.3, 0.4) is 0 Å². The van der Waals surface area contributed by atoms with E-state index < -0.39 is 0 Å². The molecule has 0 bridgehead atoms. The molecule has 0 radical (unpaired) electrons. The third-order valence-corrected chi connectivity index (χ3v) is 16.1. The highest BCUT2D eigenvalue weighted by molar-refractivity contribution is 6.06. The van der Waals surface area contributed by atoms with E-state index in [0.717, 1.165) is 79.1 Å². The molecule has 6 rings (SSSR count). The normalized spacial score (nSPS) is 27.5. The van der Waals surface area contributed by atoms with Crippen LogP contribution >= 0.6 is 0 Å². The summed E-state index contributed by atoms with van der Waals surface area (Å²) >= 11 is 0. The van der Waals surface area contributed by atoms with Crippen molar-refractivity contribution < 1.29 is 23.8 Å². The predicted octanol–water partition coefficient (Wildman–Crippen LogP) is 15.2. The van der Waals surface area contributed by atoms with Gasteiger partial charge in [0.25, 0.3) is 0 Å². The third-order valence-electron chi connectivity index (χ3n) is 16.1. The predicted molar refractivity (Wildman–Crippen MR) is 252 cm³/mol. The molecule has 0 aliphatic heterocycles. The van der Waals surface area contributed by atoms with Crippen LogP contribution in [0.25, 0.3) is 6.08 Å². The second-order valence-electron chi connectivity index (χ2n) is 20.7. The number of rotatable bonds is 24. The van der Waals surface area contributed by atoms with E-state index in [-0.39, 0.29) is 23.3 Å². The molecule has 0 saturated heterocycles. The fourth-order valence-electron chi connectivity index (χ4n) is 12.5. The van der Waals surface area contributed by atoms with Crippen LogP contribution in [0.4, 0.5) is 0 Å². The maximum atomic E-state index is 13.0. The third kappa shape index (κ3) is 12.7. The van der Waals surface area contributed by atoms with Gasteiger partial charge in [-0.1, -0.05) is 136 Å². The lowest BCUT2D eigenvalue weighted by molar-refractivity contribution is -0.151. The minimum Gasteiger partial charge on any atom is -0.494 e. The van der Waals surface area contributed by atoms with Crippen LogP contribution in [0.2, 0.25) is 0 Å². The lowest BCUT2D eigenvalue weighted by Gasteiger charge is -2.58. The van der Waals surface area contributed by atoms with Crippen molar-refractivity contribution in [3.05, 3.63) is 77.4 Å². The number of benzene rings is 2. The van der Waals surface area contributed by atoms with Crippen molar-refractivity contribution in [2.45, 2.75) is 182 Å². The summed E-state index contributed by atoms with van der Waals surface area (Å²) in [5, 5.41) is 0. The molecule has 2 aromatic carbocycles. The Morgan fingerprint density at radius 2 is 1.41 bits per heavy atom. The Kier molecular flexibility index (Phi) is 17.7. The number of carbonyl (C=O) groups excluding carboxylic acids is 2. The molecule has 4 aliphatic carbocycles. The van der Waals surface area contributed by atoms with Crippen LogP contribution in [-0.2, 0) is 9.53 Å². The molecular weight excluding hydrogens is 753 g/mol. The minimum atomic E-state index is -0.117. The maximum Gasteiger partial charge on any atom is 0.306 e. The molecule has 0 N–H and O–H groups in total. The number of esters is 1. The van der Waals surface area contributed by atoms with E-state index >= 15 is 0 Å². The zero-order valence-electron chi connectivity index (χ0n) is 39.2. The number of fused-ring (bicyclic) bond motifs is 5. The quantitative estimate of drug-likeness (QED) is 0.0347. The molecule has 0 heterocycles. The van der Waals surface area contributed by atoms with Gasteiger partial charge in [-0.2, -0.15) is 0 Å². The number of ether oxygens (including phenoxy) is 3. The highest BCUT2D eigenvalue weighted by Gasteiger charge is 2.59. The fraction of sp³-hybridized carbons (Fsp3) is 0.679. The van der Waals surface area contributed by atoms with Crippen molar-refractivity contribution in [3.63, 3.8) is 0 Å². The van der Waals surface area contributed by atoms with E-state index in [1.165, 1.54) is 96.3 Å². The highest BCUT2D eigenvalue weighted by Crippen LogP contribution is 2.67. The molecule has 5 nitrogen and oxygen atoms in total. The van der Waals surface area contributed by atoms with Crippen molar-refractivity contribution in [2.75, 3.05) is 13.2 Å². The van der Waals surface area contributed by atoms with Gasteiger partial charge in [-0.25, -0.2) is 0 Å². The molecule has 8 atom stereocenters. The van der Waals surface area contributed by atoms with Crippen LogP contribution in [0.5, 0.6) is 11.5 Å². The molecule has 0 amide bonds. The molecule has 0 spiro atoms. The zero-order chi connectivity index (χ0) is 43.2. The van der Waals surface area contributed by atoms with Crippen LogP contribution in [-0.4, -0.2) is 31.1 Å². The first-order valence-corrected chi connectivity index (χ1v) is 25.1. The van der Waals surface area contributed by atoms with Crippen LogP contribution in [0.1, 0.15) is 192 Å². The standard InChI is InChI=1S/C56H82O5/c1-7-8-9-10-11-12-13-14-38-59-46-26-20-43(21-27-46)22-33-53(57)44-23-28-47(29-24-44)60-39-16-19-54(58)61-48-34-36-55(5)45(40-48)25-30-49-51-32-31-50(42(4)18-15-17-41(2)3)56(51,6)37-35-52(49)55/h20-29,33,41-42,48-52H,7-19,30-32,34-40H2,1-6H3/b33-22+/t42-,48+,49+,50-,51+,52+,55+,56-/m1/s1. The topological polar surface area (TPSA) is 61.8 Å². The van der Waals surface area contributed by atoms with Crippen molar-refractivity contribution >= 4 is 17.8 Å². The first-order chi connectivity index (χ1) is 29.5. The summed E-state index contributed by atoms with van der Waals surface area (Å²) in [4.78, 5) is 25.9. The first-order valence-electron chi connectivity index (χ1n) is 25.1. The number of hydrogen-bond donors (Lipinski definition) is 0. The molecule has 5 heteroatoms. The van der Waals surface area contributed by atoms with E-state index in [1.54, 1.807) is 23.8 Å². The fourth-order valence-corrected chi connectivity index (χ4v) is 12.5. The second kappa shape index (κ2) is 22.8. The van der Waals surface area contributed by atoms with E-state index in [0.29, 0.717) is 36.2 Å². The molecule has 0 unspecified atom stereocenters. The van der Waals surface area contributed by atoms with Gasteiger partial charge in [0.15, 0.2) is 5.78 Å². The summed E-state index contributed by atoms with van der Waals surface area (Å²) in [5.41, 5.74) is 3.90. The van der Waals surface area contributed by atoms with Gasteiger partial charge in [0.05, 0.1) is 13.2 Å². The summed E-state index contributed by atoms with van der Waals surface area (Å²) in [6.07, 6.45) is 31.3. The monoisotopic (exact) mass is 835 g/mol. The Bertz CT molecular complexity index is 1720. The Balaban J connectivity index is 0.866. The van der Waals surface area contributed by atoms with Gasteiger partial charge in [0.1, 0.15) is 17.6 Å². The lowest BCUT2D eigenvalue weighted by Crippen LogP contribution is -2.51. The molecule has 61 heavy (non-hydrogen) atoms. The average Bonchev–Trinajstić information content (AvgIpc) is 3.61. The Labute approximate surface area is 371 Å². The molecule has 4 aliphatic rings. The average molecular weight is 835 g/mol. The van der Waals surface area contributed by atoms with Gasteiger partial charge in [-0.3, -0.25) is 9.59 Å². The Morgan fingerprint density at radius 3 is 2.11 bits per heavy atom. The minimum absolute atomic E-state index is 0.0115. The van der Waals surface area contributed by atoms with Crippen molar-refractivity contribution in [1.29, 1.82) is 0 Å². The van der Waals surface area contributed by atoms with Crippen LogP contribution in [0.15, 0.2) is 66.3 Å². The smallest absolute Gasteiger partial charge is 0.306 e. The van der Waals surface area contributed by atoms with Gasteiger partial charge in [0.2, 0.25) is 0 Å². The van der Waals surface area contributed by atoms with E-state index in [1.807, 2.05) is 42.5 Å². The van der Waals surface area contributed by atoms with E-state index in [9.17, 15) is 9.59 Å². The molecule has 3 fully saturated rings. The van der Waals surface area contributed by atoms with Gasteiger partial charge < -0.3 is 14.2 Å². The van der Waals surface area contributed by atoms with Crippen LogP contribution in [0, 0.1) is 46.3 Å². The molecule has 336 valence electrons. The van der Waals surface area contributed by atoms with Gasteiger partial charge in [-0.15, -0.1) is 0 Å². The van der Waals surface area contributed by atoms with Crippen molar-refractivity contribution in [3.8, 4) is 11.5 Å². The molecule has 2 aromatic rings. The summed E-state index contributed by atoms with van der Waals surface area (Å²) < 4.78 is 18.0. The SMILES string of the molecule is CCCCCCCCCCOc1ccc(/C=C/C(=O)c2ccc(OCCCC(=O)O[C@H]3CC[C@@]4(C)C(=CC[C@H]5[C@@H]6CC[C@H]([C@H](C)CCCC(C)C)[C@@]6(C)CC[C@@H]54)C3)cc2)cc1. The Hall–Kier alpha value is -3.34.